The Morgan fingerprint density at radius 3 is 2.83 bits per heavy atom. The summed E-state index contributed by atoms with van der Waals surface area (Å²) in [5.41, 5.74) is 1.33. The highest BCUT2D eigenvalue weighted by Crippen LogP contribution is 2.28. The Morgan fingerprint density at radius 1 is 1.75 bits per heavy atom. The summed E-state index contributed by atoms with van der Waals surface area (Å²) < 4.78 is 0. The lowest BCUT2D eigenvalue weighted by atomic mass is 9.89. The van der Waals surface area contributed by atoms with Crippen LogP contribution in [0.1, 0.15) is 26.7 Å². The summed E-state index contributed by atoms with van der Waals surface area (Å²) in [6, 6.07) is 0. The molecule has 66 valence electrons. The number of aliphatic hydroxyl groups excluding tert-OH is 1. The molecule has 0 radical (unpaired) electrons. The van der Waals surface area contributed by atoms with E-state index < -0.39 is 6.10 Å². The molecule has 1 heterocycles. The molecule has 0 amide bonds. The first kappa shape index (κ1) is 9.28. The van der Waals surface area contributed by atoms with Crippen LogP contribution < -0.4 is 0 Å². The molecule has 0 spiro atoms. The molecule has 0 aromatic carbocycles. The van der Waals surface area contributed by atoms with Gasteiger partial charge in [-0.15, -0.1) is 6.42 Å². The third-order valence-corrected chi connectivity index (χ3v) is 2.03. The first-order valence-corrected chi connectivity index (χ1v) is 4.20. The van der Waals surface area contributed by atoms with Gasteiger partial charge in [-0.25, -0.2) is 0 Å². The monoisotopic (exact) mass is 165 g/mol. The Hall–Kier alpha value is -0.810. The van der Waals surface area contributed by atoms with Crippen molar-refractivity contribution in [2.75, 3.05) is 6.54 Å². The summed E-state index contributed by atoms with van der Waals surface area (Å²) in [4.78, 5) is 4.34. The molecule has 0 bridgehead atoms. The Labute approximate surface area is 73.7 Å². The highest BCUT2D eigenvalue weighted by molar-refractivity contribution is 5.87. The molecule has 1 aliphatic rings. The summed E-state index contributed by atoms with van der Waals surface area (Å²) >= 11 is 0. The number of aliphatic imine (C=N–C) groups is 1. The lowest BCUT2D eigenvalue weighted by molar-refractivity contribution is 0.240. The number of nitrogens with zero attached hydrogens (tertiary/aromatic N) is 1. The van der Waals surface area contributed by atoms with Crippen LogP contribution in [0.15, 0.2) is 4.99 Å². The molecule has 2 heteroatoms. The zero-order valence-electron chi connectivity index (χ0n) is 7.67. The molecule has 0 saturated carbocycles. The number of terminal acetylenes is 1. The van der Waals surface area contributed by atoms with Crippen LogP contribution in [0.25, 0.3) is 0 Å². The van der Waals surface area contributed by atoms with E-state index in [4.69, 9.17) is 6.42 Å². The quantitative estimate of drug-likeness (QED) is 0.613. The Balaban J connectivity index is 2.44. The van der Waals surface area contributed by atoms with Crippen molar-refractivity contribution < 1.29 is 5.11 Å². The van der Waals surface area contributed by atoms with Gasteiger partial charge in [-0.3, -0.25) is 4.99 Å². The summed E-state index contributed by atoms with van der Waals surface area (Å²) in [6.07, 6.45) is 5.91. The van der Waals surface area contributed by atoms with Gasteiger partial charge in [0.1, 0.15) is 6.10 Å². The largest absolute Gasteiger partial charge is 0.380 e. The van der Waals surface area contributed by atoms with Crippen LogP contribution in [-0.2, 0) is 0 Å². The van der Waals surface area contributed by atoms with Crippen molar-refractivity contribution in [2.45, 2.75) is 32.8 Å². The molecule has 1 unspecified atom stereocenters. The van der Waals surface area contributed by atoms with Gasteiger partial charge >= 0.3 is 0 Å². The highest BCUT2D eigenvalue weighted by atomic mass is 16.3. The first-order chi connectivity index (χ1) is 5.53. The normalized spacial score (nSPS) is 23.0. The predicted molar refractivity (Wildman–Crippen MR) is 50.2 cm³/mol. The van der Waals surface area contributed by atoms with Crippen molar-refractivity contribution in [3.05, 3.63) is 0 Å². The van der Waals surface area contributed by atoms with Crippen LogP contribution in [0, 0.1) is 17.8 Å². The average Bonchev–Trinajstić information content (AvgIpc) is 2.30. The van der Waals surface area contributed by atoms with E-state index in [1.54, 1.807) is 0 Å². The lowest BCUT2D eigenvalue weighted by Gasteiger charge is -2.14. The van der Waals surface area contributed by atoms with E-state index in [9.17, 15) is 5.11 Å². The van der Waals surface area contributed by atoms with Crippen molar-refractivity contribution >= 4 is 5.71 Å². The molecule has 0 saturated heterocycles. The van der Waals surface area contributed by atoms with Gasteiger partial charge in [-0.05, 0) is 11.8 Å². The molecule has 0 aliphatic carbocycles. The molecule has 2 nitrogen and oxygen atoms in total. The van der Waals surface area contributed by atoms with E-state index in [0.717, 1.165) is 18.7 Å². The maximum atomic E-state index is 9.17. The third-order valence-electron chi connectivity index (χ3n) is 2.03. The fourth-order valence-electron chi connectivity index (χ4n) is 1.41. The second-order valence-electron chi connectivity index (χ2n) is 4.11. The summed E-state index contributed by atoms with van der Waals surface area (Å²) in [7, 11) is 0. The standard InChI is InChI=1S/C10H15NO/c1-4-9(12)5-8-6-10(2,3)7-11-8/h1,9,12H,5-7H2,2-3H3. The van der Waals surface area contributed by atoms with Crippen LogP contribution in [0.4, 0.5) is 0 Å². The van der Waals surface area contributed by atoms with E-state index in [-0.39, 0.29) is 5.41 Å². The highest BCUT2D eigenvalue weighted by Gasteiger charge is 2.26. The van der Waals surface area contributed by atoms with Crippen LogP contribution in [-0.4, -0.2) is 23.5 Å². The number of hydrogen-bond acceptors (Lipinski definition) is 2. The van der Waals surface area contributed by atoms with Gasteiger partial charge in [0.15, 0.2) is 0 Å². The van der Waals surface area contributed by atoms with Gasteiger partial charge in [-0.2, -0.15) is 0 Å². The summed E-state index contributed by atoms with van der Waals surface area (Å²) in [6.45, 7) is 5.21. The minimum atomic E-state index is -0.655. The van der Waals surface area contributed by atoms with Crippen LogP contribution in [0.3, 0.4) is 0 Å². The zero-order valence-corrected chi connectivity index (χ0v) is 7.67. The van der Waals surface area contributed by atoms with E-state index >= 15 is 0 Å². The molecule has 1 aliphatic heterocycles. The second kappa shape index (κ2) is 3.28. The zero-order chi connectivity index (χ0) is 9.19. The molecule has 1 atom stereocenters. The fraction of sp³-hybridized carbons (Fsp3) is 0.700. The molecule has 0 aromatic rings. The minimum absolute atomic E-state index is 0.268. The molecular formula is C10H15NO. The van der Waals surface area contributed by atoms with Crippen molar-refractivity contribution in [3.8, 4) is 12.3 Å². The smallest absolute Gasteiger partial charge is 0.119 e. The van der Waals surface area contributed by atoms with E-state index in [1.165, 1.54) is 0 Å². The van der Waals surface area contributed by atoms with Gasteiger partial charge in [0.2, 0.25) is 0 Å². The topological polar surface area (TPSA) is 32.6 Å². The number of rotatable bonds is 2. The van der Waals surface area contributed by atoms with E-state index in [0.29, 0.717) is 6.42 Å². The van der Waals surface area contributed by atoms with Crippen LogP contribution >= 0.6 is 0 Å². The Bertz CT molecular complexity index is 235. The third kappa shape index (κ3) is 2.35. The maximum Gasteiger partial charge on any atom is 0.119 e. The van der Waals surface area contributed by atoms with Gasteiger partial charge < -0.3 is 5.11 Å². The van der Waals surface area contributed by atoms with Crippen LogP contribution in [0.2, 0.25) is 0 Å². The Kier molecular flexibility index (Phi) is 2.54. The van der Waals surface area contributed by atoms with Gasteiger partial charge in [0.05, 0.1) is 0 Å². The Morgan fingerprint density at radius 2 is 2.42 bits per heavy atom. The van der Waals surface area contributed by atoms with E-state index in [2.05, 4.69) is 24.8 Å². The average molecular weight is 165 g/mol. The molecule has 0 fully saturated rings. The second-order valence-corrected chi connectivity index (χ2v) is 4.11. The van der Waals surface area contributed by atoms with Crippen LogP contribution in [0.5, 0.6) is 0 Å². The minimum Gasteiger partial charge on any atom is -0.380 e. The molecule has 0 aromatic heterocycles. The van der Waals surface area contributed by atoms with Crippen molar-refractivity contribution in [2.24, 2.45) is 10.4 Å². The predicted octanol–water partition coefficient (Wildman–Crippen LogP) is 1.24. The number of hydrogen-bond donors (Lipinski definition) is 1. The fourth-order valence-corrected chi connectivity index (χ4v) is 1.41. The number of aliphatic hydroxyl groups is 1. The summed E-state index contributed by atoms with van der Waals surface area (Å²) in [5.74, 6) is 2.29. The van der Waals surface area contributed by atoms with Gasteiger partial charge in [-0.1, -0.05) is 19.8 Å². The van der Waals surface area contributed by atoms with Crippen molar-refractivity contribution in [1.82, 2.24) is 0 Å². The van der Waals surface area contributed by atoms with Gasteiger partial charge in [0, 0.05) is 18.7 Å². The maximum absolute atomic E-state index is 9.17. The van der Waals surface area contributed by atoms with Gasteiger partial charge in [0.25, 0.3) is 0 Å². The SMILES string of the molecule is C#CC(O)CC1=NCC(C)(C)C1. The molecule has 12 heavy (non-hydrogen) atoms. The molecule has 1 rings (SSSR count). The van der Waals surface area contributed by atoms with Crippen molar-refractivity contribution in [1.29, 1.82) is 0 Å². The molecular weight excluding hydrogens is 150 g/mol. The summed E-state index contributed by atoms with van der Waals surface area (Å²) in [5, 5.41) is 9.17. The molecule has 1 N–H and O–H groups in total. The van der Waals surface area contributed by atoms with E-state index in [1.807, 2.05) is 0 Å². The lowest BCUT2D eigenvalue weighted by Crippen LogP contribution is -2.15. The van der Waals surface area contributed by atoms with Crippen molar-refractivity contribution in [3.63, 3.8) is 0 Å². The first-order valence-electron chi connectivity index (χ1n) is 4.20.